The maximum Gasteiger partial charge on any atom is 0.389 e. The normalized spacial score (nSPS) is 11.3. The first-order chi connectivity index (χ1) is 7.94. The Morgan fingerprint density at radius 3 is 2.76 bits per heavy atom. The van der Waals surface area contributed by atoms with Gasteiger partial charge in [-0.2, -0.15) is 13.2 Å². The van der Waals surface area contributed by atoms with Gasteiger partial charge < -0.3 is 4.74 Å². The van der Waals surface area contributed by atoms with Gasteiger partial charge in [0.2, 0.25) is 5.88 Å². The third kappa shape index (κ3) is 4.42. The van der Waals surface area contributed by atoms with Crippen molar-refractivity contribution in [3.8, 4) is 5.88 Å². The summed E-state index contributed by atoms with van der Waals surface area (Å²) in [4.78, 5) is 15.4. The van der Waals surface area contributed by atoms with Crippen molar-refractivity contribution in [2.24, 2.45) is 0 Å². The summed E-state index contributed by atoms with van der Waals surface area (Å²) in [5.41, 5.74) is 0.220. The summed E-state index contributed by atoms with van der Waals surface area (Å²) in [5, 5.41) is 0. The lowest BCUT2D eigenvalue weighted by molar-refractivity contribution is -0.135. The van der Waals surface area contributed by atoms with Crippen molar-refractivity contribution in [2.75, 3.05) is 7.11 Å². The van der Waals surface area contributed by atoms with Crippen molar-refractivity contribution in [1.29, 1.82) is 0 Å². The fraction of sp³-hybridized carbons (Fsp3) is 0.455. The molecule has 0 aliphatic heterocycles. The summed E-state index contributed by atoms with van der Waals surface area (Å²) < 4.78 is 40.6. The van der Waals surface area contributed by atoms with E-state index in [2.05, 4.69) is 4.98 Å². The van der Waals surface area contributed by atoms with Crippen LogP contribution in [0.3, 0.4) is 0 Å². The monoisotopic (exact) mass is 247 g/mol. The van der Waals surface area contributed by atoms with Crippen molar-refractivity contribution in [1.82, 2.24) is 4.98 Å². The number of carbonyl (C=O) groups is 1. The van der Waals surface area contributed by atoms with E-state index in [4.69, 9.17) is 4.74 Å². The Labute approximate surface area is 96.6 Å². The lowest BCUT2D eigenvalue weighted by atomic mass is 10.1. The first-order valence-electron chi connectivity index (χ1n) is 5.03. The van der Waals surface area contributed by atoms with Gasteiger partial charge in [-0.25, -0.2) is 4.98 Å². The molecule has 6 heteroatoms. The number of ether oxygens (including phenoxy) is 1. The second-order valence-corrected chi connectivity index (χ2v) is 3.45. The van der Waals surface area contributed by atoms with E-state index in [9.17, 15) is 18.0 Å². The molecule has 0 aliphatic rings. The average Bonchev–Trinajstić information content (AvgIpc) is 2.27. The second kappa shape index (κ2) is 5.65. The van der Waals surface area contributed by atoms with Gasteiger partial charge >= 0.3 is 6.18 Å². The largest absolute Gasteiger partial charge is 0.480 e. The molecule has 94 valence electrons. The molecule has 0 radical (unpaired) electrons. The number of alkyl halides is 3. The molecule has 1 aromatic heterocycles. The number of carbonyl (C=O) groups excluding carboxylic acids is 1. The quantitative estimate of drug-likeness (QED) is 0.751. The average molecular weight is 247 g/mol. The number of hydrogen-bond donors (Lipinski definition) is 0. The first-order valence-corrected chi connectivity index (χ1v) is 5.03. The van der Waals surface area contributed by atoms with Crippen molar-refractivity contribution in [3.63, 3.8) is 0 Å². The molecular formula is C11H12F3NO2. The topological polar surface area (TPSA) is 39.2 Å². The van der Waals surface area contributed by atoms with Crippen molar-refractivity contribution < 1.29 is 22.7 Å². The van der Waals surface area contributed by atoms with Gasteiger partial charge in [-0.15, -0.1) is 0 Å². The highest BCUT2D eigenvalue weighted by Crippen LogP contribution is 2.24. The number of Topliss-reactive ketones (excluding diaryl/α,β-unsaturated/α-hetero) is 1. The minimum Gasteiger partial charge on any atom is -0.480 e. The third-order valence-electron chi connectivity index (χ3n) is 2.13. The molecule has 0 atom stereocenters. The van der Waals surface area contributed by atoms with Crippen molar-refractivity contribution in [3.05, 3.63) is 23.9 Å². The highest BCUT2D eigenvalue weighted by atomic mass is 19.4. The Balaban J connectivity index is 2.58. The van der Waals surface area contributed by atoms with Gasteiger partial charge in [0.15, 0.2) is 5.78 Å². The predicted octanol–water partition coefficient (Wildman–Crippen LogP) is 3.01. The molecule has 0 aromatic carbocycles. The van der Waals surface area contributed by atoms with Gasteiger partial charge in [0.1, 0.15) is 0 Å². The molecule has 0 fully saturated rings. The molecule has 1 aromatic rings. The summed E-state index contributed by atoms with van der Waals surface area (Å²) in [7, 11) is 1.36. The molecule has 0 amide bonds. The fourth-order valence-corrected chi connectivity index (χ4v) is 1.35. The Morgan fingerprint density at radius 1 is 1.47 bits per heavy atom. The van der Waals surface area contributed by atoms with E-state index in [-0.39, 0.29) is 30.1 Å². The van der Waals surface area contributed by atoms with Crippen LogP contribution in [0.25, 0.3) is 0 Å². The molecule has 3 nitrogen and oxygen atoms in total. The lowest BCUT2D eigenvalue weighted by Crippen LogP contribution is -2.09. The minimum atomic E-state index is -4.22. The van der Waals surface area contributed by atoms with Crippen LogP contribution in [0, 0.1) is 0 Å². The summed E-state index contributed by atoms with van der Waals surface area (Å²) in [6, 6.07) is 3.03. The highest BCUT2D eigenvalue weighted by molar-refractivity contribution is 5.98. The van der Waals surface area contributed by atoms with Gasteiger partial charge in [0.25, 0.3) is 0 Å². The van der Waals surface area contributed by atoms with Crippen LogP contribution in [0.1, 0.15) is 29.6 Å². The zero-order valence-corrected chi connectivity index (χ0v) is 9.25. The highest BCUT2D eigenvalue weighted by Gasteiger charge is 2.26. The van der Waals surface area contributed by atoms with Gasteiger partial charge in [-0.05, 0) is 18.6 Å². The Kier molecular flexibility index (Phi) is 4.48. The molecule has 0 saturated carbocycles. The van der Waals surface area contributed by atoms with Crippen molar-refractivity contribution in [2.45, 2.75) is 25.4 Å². The SMILES string of the molecule is COc1ncccc1C(=O)CCCC(F)(F)F. The summed E-state index contributed by atoms with van der Waals surface area (Å²) >= 11 is 0. The van der Waals surface area contributed by atoms with Crippen LogP contribution < -0.4 is 4.74 Å². The molecule has 0 unspecified atom stereocenters. The smallest absolute Gasteiger partial charge is 0.389 e. The summed E-state index contributed by atoms with van der Waals surface area (Å²) in [6.07, 6.45) is -4.12. The molecule has 17 heavy (non-hydrogen) atoms. The zero-order chi connectivity index (χ0) is 12.9. The zero-order valence-electron chi connectivity index (χ0n) is 9.25. The lowest BCUT2D eigenvalue weighted by Gasteiger charge is -2.07. The van der Waals surface area contributed by atoms with E-state index in [1.807, 2.05) is 0 Å². The maximum atomic E-state index is 11.9. The number of ketones is 1. The van der Waals surface area contributed by atoms with E-state index in [0.717, 1.165) is 0 Å². The second-order valence-electron chi connectivity index (χ2n) is 3.45. The molecule has 0 aliphatic carbocycles. The Bertz CT molecular complexity index is 391. The molecule has 0 saturated heterocycles. The van der Waals surface area contributed by atoms with E-state index < -0.39 is 12.6 Å². The van der Waals surface area contributed by atoms with Crippen molar-refractivity contribution >= 4 is 5.78 Å². The third-order valence-corrected chi connectivity index (χ3v) is 2.13. The molecule has 0 spiro atoms. The molecular weight excluding hydrogens is 235 g/mol. The molecule has 1 rings (SSSR count). The fourth-order valence-electron chi connectivity index (χ4n) is 1.35. The van der Waals surface area contributed by atoms with Gasteiger partial charge in [-0.1, -0.05) is 0 Å². The van der Waals surface area contributed by atoms with Crippen LogP contribution in [0.5, 0.6) is 5.88 Å². The van der Waals surface area contributed by atoms with E-state index in [0.29, 0.717) is 0 Å². The van der Waals surface area contributed by atoms with E-state index >= 15 is 0 Å². The Morgan fingerprint density at radius 2 is 2.18 bits per heavy atom. The van der Waals surface area contributed by atoms with E-state index in [1.54, 1.807) is 6.07 Å². The van der Waals surface area contributed by atoms with Crippen LogP contribution in [0.15, 0.2) is 18.3 Å². The number of methoxy groups -OCH3 is 1. The van der Waals surface area contributed by atoms with Gasteiger partial charge in [0.05, 0.1) is 12.7 Å². The predicted molar refractivity (Wildman–Crippen MR) is 55.0 cm³/mol. The first kappa shape index (κ1) is 13.5. The molecule has 1 heterocycles. The molecule has 0 N–H and O–H groups in total. The molecule has 0 bridgehead atoms. The summed E-state index contributed by atoms with van der Waals surface area (Å²) in [6.45, 7) is 0. The van der Waals surface area contributed by atoms with Crippen LogP contribution in [0.2, 0.25) is 0 Å². The minimum absolute atomic E-state index is 0.143. The van der Waals surface area contributed by atoms with Crippen LogP contribution in [0.4, 0.5) is 13.2 Å². The maximum absolute atomic E-state index is 11.9. The summed E-state index contributed by atoms with van der Waals surface area (Å²) in [5.74, 6) is -0.247. The standard InChI is InChI=1S/C11H12F3NO2/c1-17-10-8(4-3-7-15-10)9(16)5-2-6-11(12,13)14/h3-4,7H,2,5-6H2,1H3. The Hall–Kier alpha value is -1.59. The number of nitrogens with zero attached hydrogens (tertiary/aromatic N) is 1. The number of hydrogen-bond acceptors (Lipinski definition) is 3. The van der Waals surface area contributed by atoms with Crippen LogP contribution in [-0.2, 0) is 0 Å². The van der Waals surface area contributed by atoms with E-state index in [1.165, 1.54) is 19.4 Å². The van der Waals surface area contributed by atoms with Crippen LogP contribution in [-0.4, -0.2) is 24.1 Å². The number of rotatable bonds is 5. The number of aromatic nitrogens is 1. The van der Waals surface area contributed by atoms with Gasteiger partial charge in [0, 0.05) is 19.0 Å². The van der Waals surface area contributed by atoms with Crippen LogP contribution >= 0.6 is 0 Å². The number of pyridine rings is 1. The van der Waals surface area contributed by atoms with Gasteiger partial charge in [-0.3, -0.25) is 4.79 Å². The number of halogens is 3.